The number of carbonyl (C=O) groups excluding carboxylic acids is 12. The number of nitrogens with zero attached hydrogens (tertiary/aromatic N) is 7. The number of carbonyl (C=O) groups is 12. The van der Waals surface area contributed by atoms with Crippen molar-refractivity contribution in [2.24, 2.45) is 35.5 Å². The summed E-state index contributed by atoms with van der Waals surface area (Å²) >= 11 is 0. The summed E-state index contributed by atoms with van der Waals surface area (Å²) in [4.78, 5) is 184. The average molecular weight is 1470 g/mol. The molecule has 3 aliphatic rings. The molecule has 6 N–H and O–H groups in total. The summed E-state index contributed by atoms with van der Waals surface area (Å²) in [5, 5.41) is 24.8. The Morgan fingerprint density at radius 3 is 1.39 bits per heavy atom. The molecule has 2 aliphatic carbocycles. The molecule has 0 spiro atoms. The number of aldehydes is 1. The first-order chi connectivity index (χ1) is 48.9. The van der Waals surface area contributed by atoms with Crippen molar-refractivity contribution in [1.29, 1.82) is 0 Å². The van der Waals surface area contributed by atoms with E-state index in [4.69, 9.17) is 9.47 Å². The second kappa shape index (κ2) is 46.0. The minimum atomic E-state index is -1.45. The fourth-order valence-electron chi connectivity index (χ4n) is 14.2. The van der Waals surface area contributed by atoms with Crippen LogP contribution in [0.2, 0.25) is 0 Å². The van der Waals surface area contributed by atoms with E-state index in [1.165, 1.54) is 64.5 Å². The van der Waals surface area contributed by atoms with Crippen molar-refractivity contribution in [1.82, 2.24) is 60.9 Å². The summed E-state index contributed by atoms with van der Waals surface area (Å²) < 4.78 is 12.1. The fourth-order valence-corrected chi connectivity index (χ4v) is 14.2. The van der Waals surface area contributed by atoms with Crippen molar-refractivity contribution in [2.75, 3.05) is 94.8 Å². The maximum Gasteiger partial charge on any atom is 0.248 e. The molecule has 596 valence electrons. The number of hydrogen-bond donors (Lipinski definition) is 6. The normalized spacial score (nSPS) is 17.6. The third-order valence-corrected chi connectivity index (χ3v) is 20.5. The highest BCUT2D eigenvalue weighted by Crippen LogP contribution is 2.32. The van der Waals surface area contributed by atoms with Crippen LogP contribution < -0.4 is 26.6 Å². The molecule has 2 saturated carbocycles. The number of hydrogen-bond acceptors (Lipinski definition) is 16. The van der Waals surface area contributed by atoms with Gasteiger partial charge in [0.1, 0.15) is 60.7 Å². The number of rotatable bonds is 44. The predicted octanol–water partition coefficient (Wildman–Crippen LogP) is 5.46. The van der Waals surface area contributed by atoms with Crippen LogP contribution in [0.4, 0.5) is 0 Å². The molecule has 0 bridgehead atoms. The average Bonchev–Trinajstić information content (AvgIpc) is 0.818. The molecule has 0 radical (unpaired) electrons. The Balaban J connectivity index is 2.06. The molecule has 0 aromatic rings. The summed E-state index contributed by atoms with van der Waals surface area (Å²) in [6.07, 6.45) is 13.4. The van der Waals surface area contributed by atoms with E-state index in [-0.39, 0.29) is 99.8 Å². The number of nitrogens with one attached hydrogen (secondary N) is 5. The highest BCUT2D eigenvalue weighted by atomic mass is 16.5. The minimum Gasteiger partial charge on any atom is -0.391 e. The molecule has 1 aliphatic heterocycles. The molecule has 1 heterocycles. The standard InChI is InChI=1S/C77H138N12O15/c1-20-21-36-89(74(100)58(48-103-47-54(10)91)80-70(96)62(42-52(6)7)87(19)76(102)67(53(8)9)82-71(97)63(83(15)65(92)45-78-14)43-55-31-25-22-26-32-55)46-66(93)84(16)64(44-56-33-27-23-28-34-56)75(101)86(18)61(41-51(4)5)69(95)81-59(49-104-77(11,12)13)72(98)85(17)60(40-50(2)3)68(94)79-57(35-39-90)73(99)88-37-29-24-30-38-88/h39,50-64,67,78,91H,20-38,40-49H2,1-19H3,(H,79,94)(H,80,96)(H,81,95)(H,82,97)/t54-,57+,58+,59+,60+,61+,62+,63+,64+,67+/m1/s1. The molecule has 0 aromatic heterocycles. The zero-order valence-electron chi connectivity index (χ0n) is 67.1. The molecule has 27 nitrogen and oxygen atoms in total. The van der Waals surface area contributed by atoms with Crippen molar-refractivity contribution >= 4 is 71.3 Å². The van der Waals surface area contributed by atoms with Crippen LogP contribution in [-0.4, -0.2) is 272 Å². The van der Waals surface area contributed by atoms with Gasteiger partial charge in [-0.1, -0.05) is 133 Å². The number of ether oxygens (including phenoxy) is 2. The number of amides is 11. The van der Waals surface area contributed by atoms with Gasteiger partial charge in [-0.05, 0) is 128 Å². The van der Waals surface area contributed by atoms with Gasteiger partial charge in [-0.2, -0.15) is 0 Å². The summed E-state index contributed by atoms with van der Waals surface area (Å²) in [6, 6.07) is -10.7. The number of piperidine rings is 1. The molecule has 0 aromatic carbocycles. The lowest BCUT2D eigenvalue weighted by atomic mass is 9.84. The van der Waals surface area contributed by atoms with Gasteiger partial charge in [0, 0.05) is 61.3 Å². The predicted molar refractivity (Wildman–Crippen MR) is 401 cm³/mol. The first-order valence-electron chi connectivity index (χ1n) is 39.0. The molecular weight excluding hydrogens is 1330 g/mol. The van der Waals surface area contributed by atoms with Gasteiger partial charge in [-0.25, -0.2) is 0 Å². The highest BCUT2D eigenvalue weighted by molar-refractivity contribution is 5.99. The first-order valence-corrected chi connectivity index (χ1v) is 39.0. The maximum atomic E-state index is 15.6. The summed E-state index contributed by atoms with van der Waals surface area (Å²) in [6.45, 7) is 23.2. The second-order valence-corrected chi connectivity index (χ2v) is 32.5. The van der Waals surface area contributed by atoms with Crippen molar-refractivity contribution in [3.05, 3.63) is 0 Å². The summed E-state index contributed by atoms with van der Waals surface area (Å²) in [7, 11) is 9.18. The van der Waals surface area contributed by atoms with E-state index < -0.39 is 138 Å². The van der Waals surface area contributed by atoms with E-state index in [0.29, 0.717) is 38.6 Å². The van der Waals surface area contributed by atoms with Crippen LogP contribution in [-0.2, 0) is 67.0 Å². The van der Waals surface area contributed by atoms with Crippen LogP contribution in [0.3, 0.4) is 0 Å². The monoisotopic (exact) mass is 1470 g/mol. The van der Waals surface area contributed by atoms with Crippen LogP contribution in [0.1, 0.15) is 225 Å². The Morgan fingerprint density at radius 2 is 0.952 bits per heavy atom. The molecule has 1 saturated heterocycles. The van der Waals surface area contributed by atoms with E-state index in [1.807, 2.05) is 48.5 Å². The molecular formula is C77H138N12O15. The van der Waals surface area contributed by atoms with E-state index in [1.54, 1.807) is 53.6 Å². The molecule has 3 fully saturated rings. The van der Waals surface area contributed by atoms with Gasteiger partial charge in [0.25, 0.3) is 0 Å². The van der Waals surface area contributed by atoms with Crippen LogP contribution in [0, 0.1) is 35.5 Å². The first kappa shape index (κ1) is 91.9. The maximum absolute atomic E-state index is 15.6. The van der Waals surface area contributed by atoms with Gasteiger partial charge >= 0.3 is 0 Å². The number of likely N-dealkylation sites (tertiary alicyclic amines) is 1. The Hall–Kier alpha value is -6.32. The van der Waals surface area contributed by atoms with Crippen molar-refractivity contribution in [3.63, 3.8) is 0 Å². The SMILES string of the molecule is CCCCN(CC(=O)N(C)[C@@H](CC1CCCCC1)C(=O)N(C)[C@@H](CC(C)C)C(=O)N[C@@H](COC(C)(C)C)C(=O)N(C)[C@@H](CC(C)C)C(=O)N[C@@H](CC=O)C(=O)N1CCCCC1)C(=O)[C@H](COC[C@@H](C)O)NC(=O)[C@H](CC(C)C)N(C)C(=O)[C@@H](NC(=O)[C@H](CC1CCCCC1)N(C)C(=O)CNC)C(C)C. The van der Waals surface area contributed by atoms with E-state index in [9.17, 15) is 33.9 Å². The second-order valence-electron chi connectivity index (χ2n) is 32.5. The molecule has 27 heteroatoms. The van der Waals surface area contributed by atoms with Gasteiger partial charge in [-0.3, -0.25) is 52.7 Å². The lowest BCUT2D eigenvalue weighted by Crippen LogP contribution is -2.61. The van der Waals surface area contributed by atoms with Gasteiger partial charge in [0.05, 0.1) is 44.6 Å². The van der Waals surface area contributed by atoms with Gasteiger partial charge < -0.3 is 80.3 Å². The Labute approximate surface area is 622 Å². The van der Waals surface area contributed by atoms with Gasteiger partial charge in [0.15, 0.2) is 0 Å². The molecule has 11 amide bonds. The number of unbranched alkanes of at least 4 members (excludes halogenated alkanes) is 1. The van der Waals surface area contributed by atoms with E-state index in [0.717, 1.165) is 83.5 Å². The third kappa shape index (κ3) is 30.5. The van der Waals surface area contributed by atoms with Crippen molar-refractivity contribution in [3.8, 4) is 0 Å². The van der Waals surface area contributed by atoms with Crippen molar-refractivity contribution < 1.29 is 72.1 Å². The van der Waals surface area contributed by atoms with Crippen LogP contribution in [0.25, 0.3) is 0 Å². The lowest BCUT2D eigenvalue weighted by molar-refractivity contribution is -0.152. The Bertz CT molecular complexity index is 2730. The molecule has 104 heavy (non-hydrogen) atoms. The Kier molecular flexibility index (Phi) is 40.7. The van der Waals surface area contributed by atoms with Gasteiger partial charge in [-0.15, -0.1) is 0 Å². The van der Waals surface area contributed by atoms with Crippen molar-refractivity contribution in [2.45, 2.75) is 291 Å². The zero-order chi connectivity index (χ0) is 78.3. The molecule has 10 atom stereocenters. The lowest BCUT2D eigenvalue weighted by Gasteiger charge is -2.38. The Morgan fingerprint density at radius 1 is 0.519 bits per heavy atom. The number of aliphatic hydroxyl groups is 1. The third-order valence-electron chi connectivity index (χ3n) is 20.5. The summed E-state index contributed by atoms with van der Waals surface area (Å²) in [5.41, 5.74) is -0.804. The largest absolute Gasteiger partial charge is 0.391 e. The number of likely N-dealkylation sites (N-methyl/N-ethyl adjacent to an activating group) is 6. The molecule has 0 unspecified atom stereocenters. The highest BCUT2D eigenvalue weighted by Gasteiger charge is 2.43. The van der Waals surface area contributed by atoms with E-state index >= 15 is 28.8 Å². The van der Waals surface area contributed by atoms with Crippen LogP contribution in [0.5, 0.6) is 0 Å². The van der Waals surface area contributed by atoms with E-state index in [2.05, 4.69) is 26.6 Å². The smallest absolute Gasteiger partial charge is 0.248 e. The minimum absolute atomic E-state index is 0.0143. The quantitative estimate of drug-likeness (QED) is 0.0413. The van der Waals surface area contributed by atoms with Crippen LogP contribution >= 0.6 is 0 Å². The molecule has 3 rings (SSSR count). The topological polar surface area (TPSA) is 326 Å². The summed E-state index contributed by atoms with van der Waals surface area (Å²) in [5.74, 6) is -7.00. The number of aliphatic hydroxyl groups excluding tert-OH is 1. The van der Waals surface area contributed by atoms with Crippen LogP contribution in [0.15, 0.2) is 0 Å². The zero-order valence-corrected chi connectivity index (χ0v) is 67.1. The fraction of sp³-hybridized carbons (Fsp3) is 0.844. The van der Waals surface area contributed by atoms with Gasteiger partial charge in [0.2, 0.25) is 65.0 Å².